The molecule has 19 heavy (non-hydrogen) atoms. The minimum Gasteiger partial charge on any atom is -0.478 e. The summed E-state index contributed by atoms with van der Waals surface area (Å²) in [6, 6.07) is -0.0809. The lowest BCUT2D eigenvalue weighted by atomic mass is 10.2. The maximum absolute atomic E-state index is 11.7. The van der Waals surface area contributed by atoms with Crippen LogP contribution in [0.4, 0.5) is 0 Å². The summed E-state index contributed by atoms with van der Waals surface area (Å²) in [7, 11) is 0. The second-order valence-corrected chi connectivity index (χ2v) is 4.57. The molecule has 1 amide bonds. The number of hydrogen-bond acceptors (Lipinski definition) is 5. The second-order valence-electron chi connectivity index (χ2n) is 4.57. The van der Waals surface area contributed by atoms with Crippen LogP contribution < -0.4 is 10.6 Å². The van der Waals surface area contributed by atoms with Gasteiger partial charge >= 0.3 is 5.97 Å². The molecule has 1 fully saturated rings. The number of rotatable bonds is 6. The maximum atomic E-state index is 11.7. The highest BCUT2D eigenvalue weighted by molar-refractivity contribution is 5.88. The molecule has 1 aliphatic carbocycles. The number of nitrogens with zero attached hydrogens (tertiary/aromatic N) is 2. The van der Waals surface area contributed by atoms with Crippen molar-refractivity contribution < 1.29 is 14.7 Å². The van der Waals surface area contributed by atoms with E-state index in [1.54, 1.807) is 6.92 Å². The zero-order valence-electron chi connectivity index (χ0n) is 10.6. The molecule has 0 radical (unpaired) electrons. The van der Waals surface area contributed by atoms with Gasteiger partial charge in [0.2, 0.25) is 5.91 Å². The molecule has 3 N–H and O–H groups in total. The van der Waals surface area contributed by atoms with Gasteiger partial charge in [-0.1, -0.05) is 0 Å². The van der Waals surface area contributed by atoms with Gasteiger partial charge in [-0.15, -0.1) is 0 Å². The van der Waals surface area contributed by atoms with Gasteiger partial charge in [-0.3, -0.25) is 4.79 Å². The molecule has 1 atom stereocenters. The van der Waals surface area contributed by atoms with E-state index in [-0.39, 0.29) is 18.0 Å². The third kappa shape index (κ3) is 3.72. The lowest BCUT2D eigenvalue weighted by molar-refractivity contribution is -0.122. The van der Waals surface area contributed by atoms with Crippen molar-refractivity contribution in [3.05, 3.63) is 23.8 Å². The Kier molecular flexibility index (Phi) is 4.06. The summed E-state index contributed by atoms with van der Waals surface area (Å²) in [6.45, 7) is 1.95. The molecule has 1 aliphatic rings. The maximum Gasteiger partial charge on any atom is 0.339 e. The number of hydrogen-bond donors (Lipinski definition) is 3. The average molecular weight is 264 g/mol. The summed E-state index contributed by atoms with van der Waals surface area (Å²) >= 11 is 0. The molecule has 1 aromatic rings. The van der Waals surface area contributed by atoms with Gasteiger partial charge in [0.25, 0.3) is 0 Å². The molecular formula is C12H16N4O3. The van der Waals surface area contributed by atoms with E-state index in [4.69, 9.17) is 5.11 Å². The number of aromatic carboxylic acids is 1. The lowest BCUT2D eigenvalue weighted by Gasteiger charge is -2.14. The van der Waals surface area contributed by atoms with Crippen LogP contribution in [0.5, 0.6) is 0 Å². The number of carbonyl (C=O) groups is 2. The van der Waals surface area contributed by atoms with E-state index in [9.17, 15) is 9.59 Å². The van der Waals surface area contributed by atoms with Crippen molar-refractivity contribution >= 4 is 11.9 Å². The highest BCUT2D eigenvalue weighted by Crippen LogP contribution is 2.18. The lowest BCUT2D eigenvalue weighted by Crippen LogP contribution is -2.42. The Labute approximate surface area is 110 Å². The Bertz CT molecular complexity index is 488. The Morgan fingerprint density at radius 1 is 1.53 bits per heavy atom. The summed E-state index contributed by atoms with van der Waals surface area (Å²) in [6.07, 6.45) is 4.61. The van der Waals surface area contributed by atoms with Crippen molar-refractivity contribution in [2.75, 3.05) is 0 Å². The summed E-state index contributed by atoms with van der Waals surface area (Å²) in [5, 5.41) is 14.8. The van der Waals surface area contributed by atoms with Crippen LogP contribution in [0.2, 0.25) is 0 Å². The highest BCUT2D eigenvalue weighted by Gasteiger charge is 2.25. The van der Waals surface area contributed by atoms with Crippen LogP contribution in [-0.2, 0) is 11.3 Å². The van der Waals surface area contributed by atoms with Gasteiger partial charge in [0.1, 0.15) is 11.9 Å². The minimum atomic E-state index is -1.08. The number of aromatic nitrogens is 2. The Morgan fingerprint density at radius 3 is 2.89 bits per heavy atom. The Morgan fingerprint density at radius 2 is 2.26 bits per heavy atom. The number of nitrogens with one attached hydrogen (secondary N) is 2. The van der Waals surface area contributed by atoms with Gasteiger partial charge in [0.15, 0.2) is 0 Å². The van der Waals surface area contributed by atoms with E-state index < -0.39 is 12.0 Å². The quantitative estimate of drug-likeness (QED) is 0.664. The van der Waals surface area contributed by atoms with E-state index in [1.807, 2.05) is 0 Å². The molecular weight excluding hydrogens is 248 g/mol. The molecule has 2 rings (SSSR count). The standard InChI is InChI=1S/C12H16N4O3/c1-7(11(17)16-8-2-3-8)14-5-10-9(12(18)19)4-13-6-15-10/h4,6-8,14H,2-3,5H2,1H3,(H,16,17)(H,18,19). The molecule has 0 spiro atoms. The van der Waals surface area contributed by atoms with E-state index in [0.717, 1.165) is 12.8 Å². The SMILES string of the molecule is CC(NCc1ncncc1C(=O)O)C(=O)NC1CC1. The van der Waals surface area contributed by atoms with Crippen molar-refractivity contribution in [3.8, 4) is 0 Å². The fraction of sp³-hybridized carbons (Fsp3) is 0.500. The number of amides is 1. The monoisotopic (exact) mass is 264 g/mol. The summed E-state index contributed by atoms with van der Waals surface area (Å²) in [5.41, 5.74) is 0.415. The first-order valence-corrected chi connectivity index (χ1v) is 6.14. The molecule has 7 nitrogen and oxygen atoms in total. The molecule has 102 valence electrons. The van der Waals surface area contributed by atoms with Crippen LogP contribution in [-0.4, -0.2) is 39.0 Å². The second kappa shape index (κ2) is 5.75. The molecule has 1 aromatic heterocycles. The van der Waals surface area contributed by atoms with Crippen molar-refractivity contribution in [2.24, 2.45) is 0 Å². The van der Waals surface area contributed by atoms with E-state index >= 15 is 0 Å². The smallest absolute Gasteiger partial charge is 0.339 e. The average Bonchev–Trinajstić information content (AvgIpc) is 3.20. The first-order valence-electron chi connectivity index (χ1n) is 6.14. The molecule has 7 heteroatoms. The van der Waals surface area contributed by atoms with E-state index in [2.05, 4.69) is 20.6 Å². The van der Waals surface area contributed by atoms with E-state index in [1.165, 1.54) is 12.5 Å². The van der Waals surface area contributed by atoms with Crippen LogP contribution in [0.1, 0.15) is 35.8 Å². The normalized spacial score (nSPS) is 15.8. The first kappa shape index (κ1) is 13.4. The van der Waals surface area contributed by atoms with Crippen molar-refractivity contribution in [1.82, 2.24) is 20.6 Å². The third-order valence-corrected chi connectivity index (χ3v) is 2.92. The molecule has 0 saturated heterocycles. The summed E-state index contributed by atoms with van der Waals surface area (Å²) in [5.74, 6) is -1.15. The number of carboxylic acid groups (broad SMARTS) is 1. The Balaban J connectivity index is 1.90. The molecule has 0 aromatic carbocycles. The zero-order chi connectivity index (χ0) is 13.8. The van der Waals surface area contributed by atoms with Crippen LogP contribution >= 0.6 is 0 Å². The minimum absolute atomic E-state index is 0.0461. The van der Waals surface area contributed by atoms with Gasteiger partial charge in [-0.2, -0.15) is 0 Å². The van der Waals surface area contributed by atoms with Crippen molar-refractivity contribution in [3.63, 3.8) is 0 Å². The molecule has 1 heterocycles. The van der Waals surface area contributed by atoms with Crippen LogP contribution in [0.25, 0.3) is 0 Å². The predicted molar refractivity (Wildman–Crippen MR) is 66.5 cm³/mol. The largest absolute Gasteiger partial charge is 0.478 e. The fourth-order valence-electron chi connectivity index (χ4n) is 1.57. The Hall–Kier alpha value is -2.02. The van der Waals surface area contributed by atoms with Crippen molar-refractivity contribution in [1.29, 1.82) is 0 Å². The fourth-order valence-corrected chi connectivity index (χ4v) is 1.57. The first-order chi connectivity index (χ1) is 9.08. The topological polar surface area (TPSA) is 104 Å². The molecule has 0 aliphatic heterocycles. The van der Waals surface area contributed by atoms with Crippen LogP contribution in [0.15, 0.2) is 12.5 Å². The summed E-state index contributed by atoms with van der Waals surface area (Å²) < 4.78 is 0. The zero-order valence-corrected chi connectivity index (χ0v) is 10.6. The van der Waals surface area contributed by atoms with Crippen molar-refractivity contribution in [2.45, 2.75) is 38.4 Å². The van der Waals surface area contributed by atoms with Gasteiger partial charge in [-0.05, 0) is 19.8 Å². The number of carbonyl (C=O) groups excluding carboxylic acids is 1. The van der Waals surface area contributed by atoms with Gasteiger partial charge in [0.05, 0.1) is 11.7 Å². The summed E-state index contributed by atoms with van der Waals surface area (Å²) in [4.78, 5) is 30.3. The molecule has 1 unspecified atom stereocenters. The van der Waals surface area contributed by atoms with Crippen LogP contribution in [0, 0.1) is 0 Å². The van der Waals surface area contributed by atoms with E-state index in [0.29, 0.717) is 11.7 Å². The predicted octanol–water partition coefficient (Wildman–Crippen LogP) is -0.0685. The molecule has 0 bridgehead atoms. The number of carboxylic acids is 1. The highest BCUT2D eigenvalue weighted by atomic mass is 16.4. The van der Waals surface area contributed by atoms with Gasteiger partial charge in [-0.25, -0.2) is 14.8 Å². The molecule has 1 saturated carbocycles. The van der Waals surface area contributed by atoms with Gasteiger partial charge in [0, 0.05) is 18.8 Å². The third-order valence-electron chi connectivity index (χ3n) is 2.92. The van der Waals surface area contributed by atoms with Crippen LogP contribution in [0.3, 0.4) is 0 Å². The van der Waals surface area contributed by atoms with Gasteiger partial charge < -0.3 is 15.7 Å².